The molecule has 0 bridgehead atoms. The average Bonchev–Trinajstić information content (AvgIpc) is 2.76. The number of hydrogen-bond donors (Lipinski definition) is 1. The highest BCUT2D eigenvalue weighted by Gasteiger charge is 2.15. The minimum absolute atomic E-state index is 0.136. The van der Waals surface area contributed by atoms with E-state index in [9.17, 15) is 13.6 Å². The zero-order chi connectivity index (χ0) is 21.5. The van der Waals surface area contributed by atoms with Gasteiger partial charge in [-0.1, -0.05) is 6.07 Å². The lowest BCUT2D eigenvalue weighted by Gasteiger charge is -2.14. The van der Waals surface area contributed by atoms with Crippen molar-refractivity contribution in [2.24, 2.45) is 0 Å². The van der Waals surface area contributed by atoms with Crippen molar-refractivity contribution in [3.05, 3.63) is 83.4 Å². The Hall–Kier alpha value is -3.61. The molecule has 0 saturated carbocycles. The van der Waals surface area contributed by atoms with Crippen LogP contribution in [0.4, 0.5) is 14.5 Å². The lowest BCUT2D eigenvalue weighted by Crippen LogP contribution is -2.15. The number of methoxy groups -OCH3 is 1. The Bertz CT molecular complexity index is 1000. The fourth-order valence-corrected chi connectivity index (χ4v) is 2.77. The van der Waals surface area contributed by atoms with Gasteiger partial charge in [0, 0.05) is 11.1 Å². The van der Waals surface area contributed by atoms with Crippen LogP contribution in [-0.2, 0) is 6.61 Å². The summed E-state index contributed by atoms with van der Waals surface area (Å²) in [5.41, 5.74) is 0.344. The van der Waals surface area contributed by atoms with E-state index in [2.05, 4.69) is 5.32 Å². The molecule has 0 aromatic heterocycles. The summed E-state index contributed by atoms with van der Waals surface area (Å²) in [4.78, 5) is 12.5. The van der Waals surface area contributed by atoms with E-state index in [0.29, 0.717) is 29.4 Å². The number of carbonyl (C=O) groups excluding carboxylic acids is 1. The summed E-state index contributed by atoms with van der Waals surface area (Å²) < 4.78 is 44.2. The van der Waals surface area contributed by atoms with Crippen molar-refractivity contribution in [3.8, 4) is 17.2 Å². The maximum atomic E-state index is 13.8. The van der Waals surface area contributed by atoms with Crippen molar-refractivity contribution in [2.75, 3.05) is 19.0 Å². The molecule has 3 aromatic carbocycles. The first-order chi connectivity index (χ1) is 14.5. The molecule has 0 aliphatic heterocycles. The Balaban J connectivity index is 1.79. The molecule has 0 radical (unpaired) electrons. The molecule has 7 heteroatoms. The normalized spacial score (nSPS) is 10.4. The first-order valence-electron chi connectivity index (χ1n) is 9.29. The fraction of sp³-hybridized carbons (Fsp3) is 0.174. The van der Waals surface area contributed by atoms with Gasteiger partial charge < -0.3 is 19.5 Å². The van der Waals surface area contributed by atoms with Crippen molar-refractivity contribution in [1.29, 1.82) is 0 Å². The van der Waals surface area contributed by atoms with E-state index in [1.165, 1.54) is 12.1 Å². The number of ether oxygens (including phenoxy) is 3. The summed E-state index contributed by atoms with van der Waals surface area (Å²) in [6.45, 7) is 2.41. The lowest BCUT2D eigenvalue weighted by atomic mass is 10.1. The van der Waals surface area contributed by atoms with E-state index in [4.69, 9.17) is 14.2 Å². The minimum Gasteiger partial charge on any atom is -0.497 e. The number of anilines is 1. The van der Waals surface area contributed by atoms with Crippen molar-refractivity contribution < 1.29 is 27.8 Å². The topological polar surface area (TPSA) is 56.8 Å². The standard InChI is InChI=1S/C23H21F2NO4/c1-3-29-21-12-7-15(23(27)26-22-19(24)5-4-6-20(22)25)13-16(21)14-30-18-10-8-17(28-2)9-11-18/h4-13H,3,14H2,1-2H3,(H,26,27). The molecule has 0 aliphatic rings. The Morgan fingerprint density at radius 2 is 1.60 bits per heavy atom. The maximum Gasteiger partial charge on any atom is 0.255 e. The molecular formula is C23H21F2NO4. The molecule has 5 nitrogen and oxygen atoms in total. The zero-order valence-electron chi connectivity index (χ0n) is 16.6. The second kappa shape index (κ2) is 9.73. The highest BCUT2D eigenvalue weighted by molar-refractivity contribution is 6.04. The van der Waals surface area contributed by atoms with Crippen LogP contribution in [-0.4, -0.2) is 19.6 Å². The molecule has 3 rings (SSSR count). The van der Waals surface area contributed by atoms with Crippen LogP contribution in [0.15, 0.2) is 60.7 Å². The predicted molar refractivity (Wildman–Crippen MR) is 109 cm³/mol. The van der Waals surface area contributed by atoms with Crippen LogP contribution in [0.2, 0.25) is 0 Å². The summed E-state index contributed by atoms with van der Waals surface area (Å²) in [7, 11) is 1.58. The Labute approximate surface area is 173 Å². The molecule has 0 spiro atoms. The van der Waals surface area contributed by atoms with Crippen molar-refractivity contribution >= 4 is 11.6 Å². The number of halogens is 2. The summed E-state index contributed by atoms with van der Waals surface area (Å²) in [6.07, 6.45) is 0. The number of amides is 1. The van der Waals surface area contributed by atoms with Gasteiger partial charge in [0.1, 0.15) is 41.2 Å². The van der Waals surface area contributed by atoms with Gasteiger partial charge in [0.2, 0.25) is 0 Å². The van der Waals surface area contributed by atoms with E-state index in [1.54, 1.807) is 43.5 Å². The van der Waals surface area contributed by atoms with Gasteiger partial charge in [-0.3, -0.25) is 4.79 Å². The second-order valence-corrected chi connectivity index (χ2v) is 6.27. The van der Waals surface area contributed by atoms with Crippen LogP contribution in [0.5, 0.6) is 17.2 Å². The largest absolute Gasteiger partial charge is 0.497 e. The van der Waals surface area contributed by atoms with Crippen LogP contribution in [0.25, 0.3) is 0 Å². The zero-order valence-corrected chi connectivity index (χ0v) is 16.6. The van der Waals surface area contributed by atoms with E-state index in [-0.39, 0.29) is 12.2 Å². The van der Waals surface area contributed by atoms with Crippen molar-refractivity contribution in [1.82, 2.24) is 0 Å². The van der Waals surface area contributed by atoms with Crippen molar-refractivity contribution in [2.45, 2.75) is 13.5 Å². The van der Waals surface area contributed by atoms with Gasteiger partial charge in [-0.05, 0) is 61.5 Å². The summed E-state index contributed by atoms with van der Waals surface area (Å²) in [5.74, 6) is -0.472. The van der Waals surface area contributed by atoms with Crippen LogP contribution >= 0.6 is 0 Å². The number of rotatable bonds is 8. The molecule has 1 amide bonds. The summed E-state index contributed by atoms with van der Waals surface area (Å²) >= 11 is 0. The van der Waals surface area contributed by atoms with Gasteiger partial charge in [-0.25, -0.2) is 8.78 Å². The number of hydrogen-bond acceptors (Lipinski definition) is 4. The van der Waals surface area contributed by atoms with Gasteiger partial charge in [0.15, 0.2) is 0 Å². The van der Waals surface area contributed by atoms with E-state index < -0.39 is 23.2 Å². The van der Waals surface area contributed by atoms with Crippen LogP contribution in [0.1, 0.15) is 22.8 Å². The van der Waals surface area contributed by atoms with Gasteiger partial charge in [-0.2, -0.15) is 0 Å². The quantitative estimate of drug-likeness (QED) is 0.551. The third kappa shape index (κ3) is 5.05. The minimum atomic E-state index is -0.850. The Kier molecular flexibility index (Phi) is 6.85. The van der Waals surface area contributed by atoms with Gasteiger partial charge in [-0.15, -0.1) is 0 Å². The van der Waals surface area contributed by atoms with Crippen molar-refractivity contribution in [3.63, 3.8) is 0 Å². The van der Waals surface area contributed by atoms with E-state index in [0.717, 1.165) is 12.1 Å². The highest BCUT2D eigenvalue weighted by atomic mass is 19.1. The number of nitrogens with one attached hydrogen (secondary N) is 1. The monoisotopic (exact) mass is 413 g/mol. The smallest absolute Gasteiger partial charge is 0.255 e. The van der Waals surface area contributed by atoms with Crippen LogP contribution in [0, 0.1) is 11.6 Å². The third-order valence-electron chi connectivity index (χ3n) is 4.28. The predicted octanol–water partition coefficient (Wildman–Crippen LogP) is 5.20. The highest BCUT2D eigenvalue weighted by Crippen LogP contribution is 2.25. The van der Waals surface area contributed by atoms with E-state index >= 15 is 0 Å². The third-order valence-corrected chi connectivity index (χ3v) is 4.28. The molecule has 0 fully saturated rings. The summed E-state index contributed by atoms with van der Waals surface area (Å²) in [6, 6.07) is 15.2. The molecular weight excluding hydrogens is 392 g/mol. The van der Waals surface area contributed by atoms with Gasteiger partial charge in [0.25, 0.3) is 5.91 Å². The molecule has 1 N–H and O–H groups in total. The van der Waals surface area contributed by atoms with Gasteiger partial charge >= 0.3 is 0 Å². The maximum absolute atomic E-state index is 13.8. The van der Waals surface area contributed by atoms with Gasteiger partial charge in [0.05, 0.1) is 13.7 Å². The van der Waals surface area contributed by atoms with Crippen LogP contribution < -0.4 is 19.5 Å². The molecule has 0 atom stereocenters. The molecule has 0 unspecified atom stereocenters. The first kappa shape index (κ1) is 21.1. The Morgan fingerprint density at radius 3 is 2.23 bits per heavy atom. The number of para-hydroxylation sites is 1. The number of carbonyl (C=O) groups is 1. The van der Waals surface area contributed by atoms with Crippen LogP contribution in [0.3, 0.4) is 0 Å². The Morgan fingerprint density at radius 1 is 0.933 bits per heavy atom. The molecule has 3 aromatic rings. The van der Waals surface area contributed by atoms with E-state index in [1.807, 2.05) is 6.92 Å². The average molecular weight is 413 g/mol. The SMILES string of the molecule is CCOc1ccc(C(=O)Nc2c(F)cccc2F)cc1COc1ccc(OC)cc1. The fourth-order valence-electron chi connectivity index (χ4n) is 2.77. The lowest BCUT2D eigenvalue weighted by molar-refractivity contribution is 0.102. The molecule has 30 heavy (non-hydrogen) atoms. The number of benzene rings is 3. The molecule has 156 valence electrons. The molecule has 0 saturated heterocycles. The molecule has 0 aliphatic carbocycles. The first-order valence-corrected chi connectivity index (χ1v) is 9.29. The second-order valence-electron chi connectivity index (χ2n) is 6.27. The molecule has 0 heterocycles. The summed E-state index contributed by atoms with van der Waals surface area (Å²) in [5, 5.41) is 2.28.